The number of hydrogen-bond donors (Lipinski definition) is 0. The van der Waals surface area contributed by atoms with E-state index < -0.39 is 5.97 Å². The van der Waals surface area contributed by atoms with Gasteiger partial charge in [-0.25, -0.2) is 4.79 Å². The molecule has 6 heteroatoms. The van der Waals surface area contributed by atoms with E-state index in [-0.39, 0.29) is 22.2 Å². The number of hydrogen-bond acceptors (Lipinski definition) is 2. The Morgan fingerprint density at radius 2 is 1.55 bits per heavy atom. The number of rotatable bonds is 3. The van der Waals surface area contributed by atoms with Crippen molar-refractivity contribution in [1.29, 1.82) is 0 Å². The van der Waals surface area contributed by atoms with E-state index in [1.54, 1.807) is 36.4 Å². The summed E-state index contributed by atoms with van der Waals surface area (Å²) in [5.74, 6) is -0.591. The lowest BCUT2D eigenvalue weighted by Gasteiger charge is -2.08. The Kier molecular flexibility index (Phi) is 5.17. The van der Waals surface area contributed by atoms with Crippen molar-refractivity contribution in [3.05, 3.63) is 67.6 Å². The van der Waals surface area contributed by atoms with Crippen LogP contribution in [0.25, 0.3) is 0 Å². The molecule has 0 aliphatic heterocycles. The summed E-state index contributed by atoms with van der Waals surface area (Å²) < 4.78 is 5.16. The zero-order chi connectivity index (χ0) is 14.7. The Bertz CT molecular complexity index is 635. The minimum Gasteiger partial charge on any atom is -0.457 e. The van der Waals surface area contributed by atoms with Crippen LogP contribution < -0.4 is 0 Å². The van der Waals surface area contributed by atoms with Crippen molar-refractivity contribution in [3.63, 3.8) is 0 Å². The zero-order valence-electron chi connectivity index (χ0n) is 10.00. The van der Waals surface area contributed by atoms with E-state index in [1.807, 2.05) is 0 Å². The van der Waals surface area contributed by atoms with Crippen molar-refractivity contribution in [2.24, 2.45) is 0 Å². The van der Waals surface area contributed by atoms with Crippen LogP contribution in [0.1, 0.15) is 15.9 Å². The Labute approximate surface area is 136 Å². The van der Waals surface area contributed by atoms with E-state index in [1.165, 1.54) is 0 Å². The molecule has 0 aliphatic rings. The van der Waals surface area contributed by atoms with Gasteiger partial charge in [-0.05, 0) is 29.8 Å². The van der Waals surface area contributed by atoms with Crippen molar-refractivity contribution in [1.82, 2.24) is 0 Å². The fourth-order valence-corrected chi connectivity index (χ4v) is 2.42. The molecule has 0 saturated heterocycles. The minimum absolute atomic E-state index is 0.0529. The van der Waals surface area contributed by atoms with Crippen LogP contribution in [0.3, 0.4) is 0 Å². The summed E-state index contributed by atoms with van der Waals surface area (Å²) in [5.41, 5.74) is 0.867. The maximum atomic E-state index is 12.0. The van der Waals surface area contributed by atoms with Crippen molar-refractivity contribution in [2.45, 2.75) is 6.61 Å². The second-order valence-electron chi connectivity index (χ2n) is 3.92. The summed E-state index contributed by atoms with van der Waals surface area (Å²) in [5, 5.41) is 1.33. The van der Waals surface area contributed by atoms with Gasteiger partial charge in [-0.3, -0.25) is 0 Å². The van der Waals surface area contributed by atoms with E-state index in [9.17, 15) is 4.79 Å². The molecule has 20 heavy (non-hydrogen) atoms. The van der Waals surface area contributed by atoms with E-state index >= 15 is 0 Å². The number of carbonyl (C=O) groups is 1. The SMILES string of the molecule is O=C(OCc1ccc(Cl)c(Cl)c1)c1c(Cl)cccc1Cl. The van der Waals surface area contributed by atoms with Crippen LogP contribution in [-0.2, 0) is 11.3 Å². The van der Waals surface area contributed by atoms with Crippen LogP contribution in [-0.4, -0.2) is 5.97 Å². The molecular formula is C14H8Cl4O2. The van der Waals surface area contributed by atoms with Gasteiger partial charge in [-0.1, -0.05) is 58.5 Å². The van der Waals surface area contributed by atoms with E-state index in [0.29, 0.717) is 10.0 Å². The van der Waals surface area contributed by atoms with Crippen LogP contribution in [0.4, 0.5) is 0 Å². The molecule has 0 bridgehead atoms. The largest absolute Gasteiger partial charge is 0.457 e. The number of esters is 1. The fourth-order valence-electron chi connectivity index (χ4n) is 1.54. The Morgan fingerprint density at radius 3 is 2.15 bits per heavy atom. The summed E-state index contributed by atoms with van der Waals surface area (Å²) in [6, 6.07) is 9.78. The standard InChI is InChI=1S/C14H8Cl4O2/c15-9-5-4-8(6-12(9)18)7-20-14(19)13-10(16)2-1-3-11(13)17/h1-6H,7H2. The number of carbonyl (C=O) groups excluding carboxylic acids is 1. The third-order valence-corrected chi connectivity index (χ3v) is 3.89. The van der Waals surface area contributed by atoms with Gasteiger partial charge in [-0.15, -0.1) is 0 Å². The van der Waals surface area contributed by atoms with Gasteiger partial charge in [0.05, 0.1) is 25.7 Å². The average molecular weight is 350 g/mol. The fraction of sp³-hybridized carbons (Fsp3) is 0.0714. The van der Waals surface area contributed by atoms with Gasteiger partial charge in [0, 0.05) is 0 Å². The second-order valence-corrected chi connectivity index (χ2v) is 5.55. The lowest BCUT2D eigenvalue weighted by Crippen LogP contribution is -2.06. The molecule has 0 unspecified atom stereocenters. The summed E-state index contributed by atoms with van der Waals surface area (Å²) in [7, 11) is 0. The smallest absolute Gasteiger partial charge is 0.341 e. The summed E-state index contributed by atoms with van der Waals surface area (Å²) in [6.45, 7) is 0.0529. The van der Waals surface area contributed by atoms with Gasteiger partial charge in [-0.2, -0.15) is 0 Å². The number of halogens is 4. The predicted octanol–water partition coefficient (Wildman–Crippen LogP) is 5.66. The average Bonchev–Trinajstić information content (AvgIpc) is 2.40. The minimum atomic E-state index is -0.591. The molecule has 0 radical (unpaired) electrons. The molecule has 0 aromatic heterocycles. The number of ether oxygens (including phenoxy) is 1. The molecule has 0 amide bonds. The molecule has 0 atom stereocenters. The highest BCUT2D eigenvalue weighted by atomic mass is 35.5. The molecule has 2 aromatic carbocycles. The summed E-state index contributed by atoms with van der Waals surface area (Å²) in [4.78, 5) is 12.0. The van der Waals surface area contributed by atoms with Crippen molar-refractivity contribution < 1.29 is 9.53 Å². The molecule has 2 rings (SSSR count). The van der Waals surface area contributed by atoms with Crippen molar-refractivity contribution in [2.75, 3.05) is 0 Å². The van der Waals surface area contributed by atoms with Crippen LogP contribution in [0.5, 0.6) is 0 Å². The summed E-state index contributed by atoms with van der Waals surface area (Å²) >= 11 is 23.5. The molecule has 0 saturated carbocycles. The topological polar surface area (TPSA) is 26.3 Å². The first-order valence-corrected chi connectivity index (χ1v) is 7.05. The van der Waals surface area contributed by atoms with Crippen LogP contribution in [0.2, 0.25) is 20.1 Å². The first kappa shape index (κ1) is 15.5. The first-order chi connectivity index (χ1) is 9.49. The molecule has 0 fully saturated rings. The van der Waals surface area contributed by atoms with Crippen LogP contribution >= 0.6 is 46.4 Å². The monoisotopic (exact) mass is 348 g/mol. The Balaban J connectivity index is 2.11. The third kappa shape index (κ3) is 3.58. The maximum Gasteiger partial charge on any atom is 0.341 e. The van der Waals surface area contributed by atoms with Crippen LogP contribution in [0.15, 0.2) is 36.4 Å². The second kappa shape index (κ2) is 6.68. The van der Waals surface area contributed by atoms with Gasteiger partial charge in [0.1, 0.15) is 6.61 Å². The Morgan fingerprint density at radius 1 is 0.900 bits per heavy atom. The van der Waals surface area contributed by atoms with E-state index in [0.717, 1.165) is 5.56 Å². The van der Waals surface area contributed by atoms with Crippen LogP contribution in [0, 0.1) is 0 Å². The molecular weight excluding hydrogens is 342 g/mol. The van der Waals surface area contributed by atoms with Gasteiger partial charge in [0.25, 0.3) is 0 Å². The first-order valence-electron chi connectivity index (χ1n) is 5.54. The Hall–Kier alpha value is -0.930. The van der Waals surface area contributed by atoms with Gasteiger partial charge < -0.3 is 4.74 Å². The maximum absolute atomic E-state index is 12.0. The third-order valence-electron chi connectivity index (χ3n) is 2.52. The lowest BCUT2D eigenvalue weighted by molar-refractivity contribution is 0.0473. The molecule has 0 N–H and O–H groups in total. The predicted molar refractivity (Wildman–Crippen MR) is 82.0 cm³/mol. The normalized spacial score (nSPS) is 10.4. The molecule has 2 aromatic rings. The van der Waals surface area contributed by atoms with Crippen molar-refractivity contribution in [3.8, 4) is 0 Å². The molecule has 0 spiro atoms. The summed E-state index contributed by atoms with van der Waals surface area (Å²) in [6.07, 6.45) is 0. The molecule has 104 valence electrons. The van der Waals surface area contributed by atoms with E-state index in [4.69, 9.17) is 51.1 Å². The van der Waals surface area contributed by atoms with E-state index in [2.05, 4.69) is 0 Å². The highest BCUT2D eigenvalue weighted by molar-refractivity contribution is 6.42. The van der Waals surface area contributed by atoms with Crippen molar-refractivity contribution >= 4 is 52.4 Å². The van der Waals surface area contributed by atoms with Gasteiger partial charge in [0.2, 0.25) is 0 Å². The quantitative estimate of drug-likeness (QED) is 0.668. The lowest BCUT2D eigenvalue weighted by atomic mass is 10.2. The molecule has 0 aliphatic carbocycles. The van der Waals surface area contributed by atoms with Gasteiger partial charge >= 0.3 is 5.97 Å². The highest BCUT2D eigenvalue weighted by Crippen LogP contribution is 2.26. The highest BCUT2D eigenvalue weighted by Gasteiger charge is 2.16. The van der Waals surface area contributed by atoms with Gasteiger partial charge in [0.15, 0.2) is 0 Å². The number of benzene rings is 2. The molecule has 2 nitrogen and oxygen atoms in total. The zero-order valence-corrected chi connectivity index (χ0v) is 13.0. The molecule has 0 heterocycles.